The number of nitrogens with zero attached hydrogens (tertiary/aromatic N) is 2. The van der Waals surface area contributed by atoms with Crippen molar-refractivity contribution in [3.63, 3.8) is 0 Å². The Morgan fingerprint density at radius 3 is 2.21 bits per heavy atom. The third kappa shape index (κ3) is 4.07. The van der Waals surface area contributed by atoms with E-state index >= 15 is 0 Å². The lowest BCUT2D eigenvalue weighted by Crippen LogP contribution is -2.50. The molecule has 0 unspecified atom stereocenters. The van der Waals surface area contributed by atoms with Gasteiger partial charge in [0.1, 0.15) is 10.6 Å². The van der Waals surface area contributed by atoms with Crippen LogP contribution >= 0.6 is 0 Å². The van der Waals surface area contributed by atoms with E-state index in [1.807, 2.05) is 24.0 Å². The standard InChI is InChI=1S/C18H20F3N3O3S/c1-2-13-3-5-14(6-4-13)17(25)23-7-9-24(10-8-23)28(26,27)15-11-16(22-12-15)18(19,20)21/h3-6,11-12,22H,2,7-10H2,1H3. The summed E-state index contributed by atoms with van der Waals surface area (Å²) in [6, 6.07) is 7.81. The van der Waals surface area contributed by atoms with Crippen LogP contribution in [0.1, 0.15) is 28.5 Å². The van der Waals surface area contributed by atoms with Gasteiger partial charge in [0.05, 0.1) is 0 Å². The first-order chi connectivity index (χ1) is 13.1. The van der Waals surface area contributed by atoms with Crippen LogP contribution < -0.4 is 0 Å². The number of piperazine rings is 1. The monoisotopic (exact) mass is 415 g/mol. The Balaban J connectivity index is 1.67. The van der Waals surface area contributed by atoms with Crippen molar-refractivity contribution in [3.05, 3.63) is 53.3 Å². The van der Waals surface area contributed by atoms with Crippen LogP contribution in [-0.2, 0) is 22.6 Å². The molecule has 0 spiro atoms. The molecule has 10 heteroatoms. The van der Waals surface area contributed by atoms with Crippen molar-refractivity contribution in [1.29, 1.82) is 0 Å². The molecule has 0 aliphatic carbocycles. The molecular formula is C18H20F3N3O3S. The largest absolute Gasteiger partial charge is 0.431 e. The number of halogens is 3. The summed E-state index contributed by atoms with van der Waals surface area (Å²) in [6.07, 6.45) is -2.95. The van der Waals surface area contributed by atoms with Crippen LogP contribution in [0.15, 0.2) is 41.4 Å². The number of H-pyrrole nitrogens is 1. The highest BCUT2D eigenvalue weighted by molar-refractivity contribution is 7.89. The highest BCUT2D eigenvalue weighted by Gasteiger charge is 2.36. The molecule has 0 bridgehead atoms. The normalized spacial score (nSPS) is 16.4. The molecular weight excluding hydrogens is 395 g/mol. The second kappa shape index (κ2) is 7.59. The van der Waals surface area contributed by atoms with Crippen LogP contribution in [0.4, 0.5) is 13.2 Å². The summed E-state index contributed by atoms with van der Waals surface area (Å²) >= 11 is 0. The zero-order valence-corrected chi connectivity index (χ0v) is 16.0. The van der Waals surface area contributed by atoms with Gasteiger partial charge in [0.2, 0.25) is 10.0 Å². The van der Waals surface area contributed by atoms with Crippen molar-refractivity contribution in [2.75, 3.05) is 26.2 Å². The van der Waals surface area contributed by atoms with Crippen LogP contribution in [0, 0.1) is 0 Å². The van der Waals surface area contributed by atoms with Gasteiger partial charge in [-0.15, -0.1) is 0 Å². The van der Waals surface area contributed by atoms with Gasteiger partial charge in [-0.1, -0.05) is 19.1 Å². The van der Waals surface area contributed by atoms with E-state index in [0.717, 1.165) is 22.5 Å². The Bertz CT molecular complexity index is 944. The van der Waals surface area contributed by atoms with Crippen molar-refractivity contribution in [3.8, 4) is 0 Å². The topological polar surface area (TPSA) is 73.5 Å². The first-order valence-electron chi connectivity index (χ1n) is 8.77. The summed E-state index contributed by atoms with van der Waals surface area (Å²) in [5.41, 5.74) is 0.515. The number of rotatable bonds is 4. The van der Waals surface area contributed by atoms with Gasteiger partial charge >= 0.3 is 6.18 Å². The van der Waals surface area contributed by atoms with E-state index in [2.05, 4.69) is 0 Å². The highest BCUT2D eigenvalue weighted by atomic mass is 32.2. The number of aromatic amines is 1. The zero-order valence-electron chi connectivity index (χ0n) is 15.2. The number of benzene rings is 1. The number of sulfonamides is 1. The molecule has 1 aromatic heterocycles. The fourth-order valence-electron chi connectivity index (χ4n) is 3.03. The minimum atomic E-state index is -4.65. The molecule has 3 rings (SSSR count). The Hall–Kier alpha value is -2.33. The average Bonchev–Trinajstić information content (AvgIpc) is 3.19. The number of carbonyl (C=O) groups is 1. The van der Waals surface area contributed by atoms with Crippen molar-refractivity contribution < 1.29 is 26.4 Å². The lowest BCUT2D eigenvalue weighted by Gasteiger charge is -2.33. The molecule has 28 heavy (non-hydrogen) atoms. The number of hydrogen-bond donors (Lipinski definition) is 1. The molecule has 1 aliphatic heterocycles. The van der Waals surface area contributed by atoms with E-state index in [1.54, 1.807) is 17.0 Å². The number of nitrogens with one attached hydrogen (secondary N) is 1. The number of aryl methyl sites for hydroxylation is 1. The number of alkyl halides is 3. The van der Waals surface area contributed by atoms with Crippen LogP contribution in [0.2, 0.25) is 0 Å². The molecule has 0 atom stereocenters. The van der Waals surface area contributed by atoms with Gasteiger partial charge in [0.25, 0.3) is 5.91 Å². The number of amides is 1. The Morgan fingerprint density at radius 1 is 1.11 bits per heavy atom. The first kappa shape index (κ1) is 20.4. The van der Waals surface area contributed by atoms with E-state index in [0.29, 0.717) is 11.6 Å². The van der Waals surface area contributed by atoms with Gasteiger partial charge in [-0.3, -0.25) is 4.79 Å². The van der Waals surface area contributed by atoms with Gasteiger partial charge in [-0.25, -0.2) is 8.42 Å². The maximum Gasteiger partial charge on any atom is 0.431 e. The summed E-state index contributed by atoms with van der Waals surface area (Å²) in [5, 5.41) is 0. The molecule has 152 valence electrons. The molecule has 1 aliphatic rings. The molecule has 1 aromatic carbocycles. The number of hydrogen-bond acceptors (Lipinski definition) is 3. The predicted molar refractivity (Wildman–Crippen MR) is 96.3 cm³/mol. The van der Waals surface area contributed by atoms with E-state index in [-0.39, 0.29) is 32.1 Å². The molecule has 0 saturated carbocycles. The van der Waals surface area contributed by atoms with Crippen molar-refractivity contribution in [2.45, 2.75) is 24.4 Å². The molecule has 1 N–H and O–H groups in total. The summed E-state index contributed by atoms with van der Waals surface area (Å²) in [6.45, 7) is 2.40. The average molecular weight is 415 g/mol. The lowest BCUT2D eigenvalue weighted by atomic mass is 10.1. The summed E-state index contributed by atoms with van der Waals surface area (Å²) < 4.78 is 64.3. The second-order valence-electron chi connectivity index (χ2n) is 6.49. The van der Waals surface area contributed by atoms with E-state index < -0.39 is 26.8 Å². The minimum absolute atomic E-state index is 0.0215. The van der Waals surface area contributed by atoms with E-state index in [9.17, 15) is 26.4 Å². The fraction of sp³-hybridized carbons (Fsp3) is 0.389. The molecule has 2 aromatic rings. The Kier molecular flexibility index (Phi) is 5.53. The van der Waals surface area contributed by atoms with Gasteiger partial charge in [-0.05, 0) is 30.2 Å². The molecule has 1 amide bonds. The van der Waals surface area contributed by atoms with E-state index in [1.165, 1.54) is 0 Å². The Labute approximate surface area is 161 Å². The van der Waals surface area contributed by atoms with Crippen molar-refractivity contribution in [2.24, 2.45) is 0 Å². The smallest absolute Gasteiger partial charge is 0.356 e. The van der Waals surface area contributed by atoms with Crippen molar-refractivity contribution in [1.82, 2.24) is 14.2 Å². The summed E-state index contributed by atoms with van der Waals surface area (Å²) in [7, 11) is -4.06. The Morgan fingerprint density at radius 2 is 1.71 bits per heavy atom. The summed E-state index contributed by atoms with van der Waals surface area (Å²) in [4.78, 5) is 15.6. The second-order valence-corrected chi connectivity index (χ2v) is 8.43. The highest BCUT2D eigenvalue weighted by Crippen LogP contribution is 2.30. The van der Waals surface area contributed by atoms with Crippen LogP contribution in [0.3, 0.4) is 0 Å². The zero-order chi connectivity index (χ0) is 20.5. The van der Waals surface area contributed by atoms with Gasteiger partial charge < -0.3 is 9.88 Å². The maximum absolute atomic E-state index is 12.7. The maximum atomic E-state index is 12.7. The molecule has 2 heterocycles. The van der Waals surface area contributed by atoms with Crippen LogP contribution in [0.25, 0.3) is 0 Å². The third-order valence-corrected chi connectivity index (χ3v) is 6.61. The first-order valence-corrected chi connectivity index (χ1v) is 10.2. The predicted octanol–water partition coefficient (Wildman–Crippen LogP) is 2.74. The van der Waals surface area contributed by atoms with E-state index in [4.69, 9.17) is 0 Å². The quantitative estimate of drug-likeness (QED) is 0.835. The van der Waals surface area contributed by atoms with Crippen LogP contribution in [-0.4, -0.2) is 54.7 Å². The molecule has 0 radical (unpaired) electrons. The lowest BCUT2D eigenvalue weighted by molar-refractivity contribution is -0.140. The number of carbonyl (C=O) groups excluding carboxylic acids is 1. The minimum Gasteiger partial charge on any atom is -0.356 e. The van der Waals surface area contributed by atoms with Gasteiger partial charge in [0, 0.05) is 37.9 Å². The molecule has 6 nitrogen and oxygen atoms in total. The SMILES string of the molecule is CCc1ccc(C(=O)N2CCN(S(=O)(=O)c3c[nH]c(C(F)(F)F)c3)CC2)cc1. The number of aromatic nitrogens is 1. The third-order valence-electron chi connectivity index (χ3n) is 4.73. The van der Waals surface area contributed by atoms with Crippen LogP contribution in [0.5, 0.6) is 0 Å². The van der Waals surface area contributed by atoms with Gasteiger partial charge in [0.15, 0.2) is 0 Å². The molecule has 1 saturated heterocycles. The summed E-state index contributed by atoms with van der Waals surface area (Å²) in [5.74, 6) is -0.194. The fourth-order valence-corrected chi connectivity index (χ4v) is 4.45. The molecule has 1 fully saturated rings. The van der Waals surface area contributed by atoms with Crippen molar-refractivity contribution >= 4 is 15.9 Å². The van der Waals surface area contributed by atoms with Gasteiger partial charge in [-0.2, -0.15) is 17.5 Å².